The summed E-state index contributed by atoms with van der Waals surface area (Å²) < 4.78 is 1.85. The predicted octanol–water partition coefficient (Wildman–Crippen LogP) is -1.21. The van der Waals surface area contributed by atoms with Crippen LogP contribution < -0.4 is 11.2 Å². The minimum absolute atomic E-state index is 0.0342. The Hall–Kier alpha value is -3.19. The first kappa shape index (κ1) is 24.5. The number of aromatic nitrogens is 4. The molecule has 1 aromatic rings. The van der Waals surface area contributed by atoms with Crippen LogP contribution >= 0.6 is 0 Å². The summed E-state index contributed by atoms with van der Waals surface area (Å²) in [7, 11) is 0. The molecule has 4 unspecified atom stereocenters. The summed E-state index contributed by atoms with van der Waals surface area (Å²) in [5.74, 6) is -1.57. The molecular weight excluding hydrogens is 436 g/mol. The molecule has 12 heteroatoms. The topological polar surface area (TPSA) is 188 Å². The maximum atomic E-state index is 13.2. The fraction of sp³-hybridized carbons (Fsp3) is 0.476. The van der Waals surface area contributed by atoms with Gasteiger partial charge in [-0.25, -0.2) is 19.1 Å². The van der Waals surface area contributed by atoms with Crippen molar-refractivity contribution in [2.24, 2.45) is 0 Å². The standard InChI is InChI=1S/C21H26N4O8/c1-4-12(20(31)32)25-19(30)16-18(23-21(25)33)24(7-14(27)17(29)15(28)8-26)13-6-10(3)9(2)5-11(13)22-16/h5-6,12,14-15,17,26-29H,4,7-8H2,1-3H3,(H,31,32). The molecule has 0 fully saturated rings. The van der Waals surface area contributed by atoms with Gasteiger partial charge in [0.1, 0.15) is 24.4 Å². The van der Waals surface area contributed by atoms with E-state index in [1.165, 1.54) is 11.5 Å². The number of aliphatic hydroxyl groups is 4. The monoisotopic (exact) mass is 462 g/mol. The van der Waals surface area contributed by atoms with E-state index in [4.69, 9.17) is 5.11 Å². The summed E-state index contributed by atoms with van der Waals surface area (Å²) in [6, 6.07) is 1.97. The smallest absolute Gasteiger partial charge is 0.353 e. The number of rotatable bonds is 8. The zero-order valence-corrected chi connectivity index (χ0v) is 18.3. The number of aliphatic carboxylic acids is 1. The summed E-state index contributed by atoms with van der Waals surface area (Å²) in [6.07, 6.45) is -4.98. The van der Waals surface area contributed by atoms with E-state index in [0.29, 0.717) is 15.6 Å². The normalized spacial score (nSPS) is 15.5. The molecule has 12 nitrogen and oxygen atoms in total. The Bertz CT molecular complexity index is 1280. The van der Waals surface area contributed by atoms with Gasteiger partial charge in [0.25, 0.3) is 5.56 Å². The highest BCUT2D eigenvalue weighted by Crippen LogP contribution is 2.25. The van der Waals surface area contributed by atoms with Gasteiger partial charge in [-0.1, -0.05) is 6.92 Å². The van der Waals surface area contributed by atoms with Gasteiger partial charge in [0.2, 0.25) is 0 Å². The van der Waals surface area contributed by atoms with Gasteiger partial charge in [0, 0.05) is 0 Å². The Morgan fingerprint density at radius 1 is 1.06 bits per heavy atom. The van der Waals surface area contributed by atoms with Gasteiger partial charge in [-0.15, -0.1) is 0 Å². The summed E-state index contributed by atoms with van der Waals surface area (Å²) in [5, 5.41) is 48.8. The van der Waals surface area contributed by atoms with Crippen molar-refractivity contribution in [3.8, 4) is 11.5 Å². The predicted molar refractivity (Wildman–Crippen MR) is 116 cm³/mol. The number of carboxylic acids is 1. The lowest BCUT2D eigenvalue weighted by Crippen LogP contribution is -2.44. The number of hydrogen-bond acceptors (Lipinski definition) is 9. The number of aryl methyl sites for hydroxylation is 2. The summed E-state index contributed by atoms with van der Waals surface area (Å²) >= 11 is 0. The van der Waals surface area contributed by atoms with Gasteiger partial charge in [0.05, 0.1) is 24.2 Å². The first-order chi connectivity index (χ1) is 15.5. The van der Waals surface area contributed by atoms with E-state index in [1.54, 1.807) is 12.1 Å². The van der Waals surface area contributed by atoms with Crippen molar-refractivity contribution in [1.29, 1.82) is 0 Å². The minimum atomic E-state index is -1.73. The van der Waals surface area contributed by atoms with Crippen molar-refractivity contribution in [1.82, 2.24) is 19.1 Å². The van der Waals surface area contributed by atoms with E-state index in [9.17, 15) is 34.8 Å². The van der Waals surface area contributed by atoms with Crippen LogP contribution in [0.25, 0.3) is 22.6 Å². The molecule has 2 aliphatic rings. The number of benzene rings is 1. The van der Waals surface area contributed by atoms with Crippen LogP contribution in [0.1, 0.15) is 30.5 Å². The van der Waals surface area contributed by atoms with Gasteiger partial charge in [-0.2, -0.15) is 4.98 Å². The van der Waals surface area contributed by atoms with Crippen molar-refractivity contribution >= 4 is 17.0 Å². The third-order valence-corrected chi connectivity index (χ3v) is 5.74. The average Bonchev–Trinajstić information content (AvgIpc) is 2.77. The molecule has 0 amide bonds. The van der Waals surface area contributed by atoms with Crippen LogP contribution in [0.2, 0.25) is 0 Å². The Balaban J connectivity index is 2.37. The maximum Gasteiger partial charge on any atom is 0.353 e. The van der Waals surface area contributed by atoms with Crippen LogP contribution in [-0.2, 0) is 11.3 Å². The average molecular weight is 462 g/mol. The Morgan fingerprint density at radius 2 is 1.70 bits per heavy atom. The zero-order valence-electron chi connectivity index (χ0n) is 18.3. The largest absolute Gasteiger partial charge is 0.480 e. The molecule has 0 radical (unpaired) electrons. The summed E-state index contributed by atoms with van der Waals surface area (Å²) in [5.41, 5.74) is 0.0874. The first-order valence-electron chi connectivity index (χ1n) is 10.3. The molecule has 0 spiro atoms. The third-order valence-electron chi connectivity index (χ3n) is 5.74. The number of hydrogen-bond donors (Lipinski definition) is 5. The van der Waals surface area contributed by atoms with Crippen LogP contribution in [0.3, 0.4) is 0 Å². The second-order valence-electron chi connectivity index (χ2n) is 7.96. The zero-order chi connectivity index (χ0) is 24.6. The van der Waals surface area contributed by atoms with Crippen molar-refractivity contribution in [2.45, 2.75) is 58.1 Å². The lowest BCUT2D eigenvalue weighted by Gasteiger charge is -2.25. The van der Waals surface area contributed by atoms with Crippen LogP contribution in [0.5, 0.6) is 0 Å². The molecule has 0 saturated carbocycles. The van der Waals surface area contributed by atoms with Crippen LogP contribution in [0.15, 0.2) is 21.7 Å². The highest BCUT2D eigenvalue weighted by molar-refractivity contribution is 5.81. The minimum Gasteiger partial charge on any atom is -0.480 e. The second kappa shape index (κ2) is 9.35. The number of carbonyl (C=O) groups is 1. The quantitative estimate of drug-likeness (QED) is 0.254. The lowest BCUT2D eigenvalue weighted by molar-refractivity contribution is -0.141. The van der Waals surface area contributed by atoms with E-state index < -0.39 is 54.7 Å². The fourth-order valence-corrected chi connectivity index (χ4v) is 3.69. The Kier molecular flexibility index (Phi) is 6.93. The summed E-state index contributed by atoms with van der Waals surface area (Å²) in [6.45, 7) is 3.98. The molecule has 0 aliphatic carbocycles. The molecule has 0 saturated heterocycles. The molecule has 1 aromatic carbocycles. The Morgan fingerprint density at radius 3 is 2.27 bits per heavy atom. The van der Waals surface area contributed by atoms with E-state index >= 15 is 0 Å². The van der Waals surface area contributed by atoms with Gasteiger partial charge in [0.15, 0.2) is 11.5 Å². The van der Waals surface area contributed by atoms with E-state index in [-0.39, 0.29) is 17.9 Å². The van der Waals surface area contributed by atoms with Crippen molar-refractivity contribution in [3.63, 3.8) is 0 Å². The van der Waals surface area contributed by atoms with Crippen molar-refractivity contribution in [2.75, 3.05) is 6.61 Å². The molecule has 0 aromatic heterocycles. The number of nitrogens with zero attached hydrogens (tertiary/aromatic N) is 4. The molecular formula is C21H26N4O8. The SMILES string of the molecule is CCC(C(=O)O)n1c(=O)nc2n(CC(O)C(O)C(O)CO)c3cc(C)c(C)cc3nc-2c1=O. The van der Waals surface area contributed by atoms with Crippen molar-refractivity contribution in [3.05, 3.63) is 44.1 Å². The van der Waals surface area contributed by atoms with E-state index in [2.05, 4.69) is 9.97 Å². The molecule has 0 bridgehead atoms. The second-order valence-corrected chi connectivity index (χ2v) is 7.96. The first-order valence-corrected chi connectivity index (χ1v) is 10.3. The molecule has 33 heavy (non-hydrogen) atoms. The van der Waals surface area contributed by atoms with E-state index in [1.807, 2.05) is 13.8 Å². The fourth-order valence-electron chi connectivity index (χ4n) is 3.69. The van der Waals surface area contributed by atoms with Crippen LogP contribution in [-0.4, -0.2) is 75.5 Å². The molecule has 3 rings (SSSR count). The molecule has 2 aliphatic heterocycles. The van der Waals surface area contributed by atoms with Crippen LogP contribution in [0.4, 0.5) is 0 Å². The van der Waals surface area contributed by atoms with Gasteiger partial charge < -0.3 is 30.1 Å². The third kappa shape index (κ3) is 4.37. The van der Waals surface area contributed by atoms with Gasteiger partial charge in [-0.05, 0) is 43.5 Å². The number of carboxylic acid groups (broad SMARTS) is 1. The van der Waals surface area contributed by atoms with Crippen LogP contribution in [0, 0.1) is 13.8 Å². The lowest BCUT2D eigenvalue weighted by atomic mass is 10.1. The molecule has 5 N–H and O–H groups in total. The maximum absolute atomic E-state index is 13.2. The van der Waals surface area contributed by atoms with Crippen molar-refractivity contribution < 1.29 is 30.3 Å². The molecule has 2 heterocycles. The van der Waals surface area contributed by atoms with Gasteiger partial charge in [-0.3, -0.25) is 4.79 Å². The van der Waals surface area contributed by atoms with E-state index in [0.717, 1.165) is 11.1 Å². The number of fused-ring (bicyclic) bond motifs is 2. The highest BCUT2D eigenvalue weighted by Gasteiger charge is 2.30. The highest BCUT2D eigenvalue weighted by atomic mass is 16.4. The summed E-state index contributed by atoms with van der Waals surface area (Å²) in [4.78, 5) is 45.7. The van der Waals surface area contributed by atoms with Gasteiger partial charge >= 0.3 is 11.7 Å². The molecule has 4 atom stereocenters. The molecule has 178 valence electrons. The Labute approximate surface area is 187 Å². The number of aliphatic hydroxyl groups excluding tert-OH is 4.